The van der Waals surface area contributed by atoms with E-state index in [4.69, 9.17) is 14.6 Å². The number of aromatic nitrogens is 6. The monoisotopic (exact) mass is 513 g/mol. The first-order chi connectivity index (χ1) is 18.1. The summed E-state index contributed by atoms with van der Waals surface area (Å²) in [5, 5.41) is 11.6. The number of nitrogen functional groups attached to an aromatic ring is 1. The molecule has 2 atom stereocenters. The minimum atomic E-state index is -4.61. The van der Waals surface area contributed by atoms with E-state index >= 15 is 8.78 Å². The van der Waals surface area contributed by atoms with Crippen LogP contribution in [0.5, 0.6) is 5.88 Å². The van der Waals surface area contributed by atoms with E-state index in [1.807, 2.05) is 0 Å². The van der Waals surface area contributed by atoms with Crippen LogP contribution in [0, 0.1) is 0 Å². The normalized spacial score (nSPS) is 21.3. The van der Waals surface area contributed by atoms with Gasteiger partial charge in [0.1, 0.15) is 17.1 Å². The summed E-state index contributed by atoms with van der Waals surface area (Å²) in [6.45, 7) is -2.91. The van der Waals surface area contributed by atoms with Crippen molar-refractivity contribution in [1.82, 2.24) is 34.5 Å². The smallest absolute Gasteiger partial charge is 0.410 e. The molecule has 1 aliphatic heterocycles. The molecule has 0 bridgehead atoms. The Kier molecular flexibility index (Phi) is 4.73. The highest BCUT2D eigenvalue weighted by Gasteiger charge is 2.46. The molecular weight excluding hydrogens is 487 g/mol. The summed E-state index contributed by atoms with van der Waals surface area (Å²) >= 11 is 0. The summed E-state index contributed by atoms with van der Waals surface area (Å²) in [5.41, 5.74) is 6.69. The molecule has 0 aliphatic carbocycles. The van der Waals surface area contributed by atoms with Crippen molar-refractivity contribution in [2.75, 3.05) is 32.9 Å². The molecule has 1 saturated heterocycles. The van der Waals surface area contributed by atoms with Crippen molar-refractivity contribution >= 4 is 22.5 Å². The zero-order valence-electron chi connectivity index (χ0n) is 22.1. The third-order valence-corrected chi connectivity index (χ3v) is 6.41. The number of anilines is 1. The second kappa shape index (κ2) is 8.25. The molecular formula is C22H23F5N8O. The van der Waals surface area contributed by atoms with Gasteiger partial charge in [0.2, 0.25) is 11.8 Å². The van der Waals surface area contributed by atoms with E-state index in [1.165, 1.54) is 36.0 Å². The molecule has 5 rings (SSSR count). The van der Waals surface area contributed by atoms with Crippen LogP contribution in [0.25, 0.3) is 27.7 Å². The van der Waals surface area contributed by atoms with Gasteiger partial charge in [-0.05, 0) is 50.1 Å². The summed E-state index contributed by atoms with van der Waals surface area (Å²) in [7, 11) is 1.30. The Morgan fingerprint density at radius 2 is 2.08 bits per heavy atom. The van der Waals surface area contributed by atoms with E-state index in [2.05, 4.69) is 20.4 Å². The maximum absolute atomic E-state index is 15.6. The highest BCUT2D eigenvalue weighted by Crippen LogP contribution is 2.47. The van der Waals surface area contributed by atoms with Crippen molar-refractivity contribution in [3.05, 3.63) is 30.0 Å². The Morgan fingerprint density at radius 3 is 2.75 bits per heavy atom. The van der Waals surface area contributed by atoms with Crippen molar-refractivity contribution in [1.29, 1.82) is 0 Å². The summed E-state index contributed by atoms with van der Waals surface area (Å²) < 4.78 is 102. The quantitative estimate of drug-likeness (QED) is 0.413. The Bertz CT molecular complexity index is 1550. The summed E-state index contributed by atoms with van der Waals surface area (Å²) in [6, 6.07) is 2.32. The number of nitrogens with two attached hydrogens (primary N) is 1. The predicted octanol–water partition coefficient (Wildman–Crippen LogP) is 3.91. The molecule has 0 spiro atoms. The third-order valence-electron chi connectivity index (χ3n) is 6.41. The number of methoxy groups -OCH3 is 1. The van der Waals surface area contributed by atoms with Crippen LogP contribution in [0.15, 0.2) is 24.4 Å². The maximum atomic E-state index is 15.6. The number of hydrogen-bond acceptors (Lipinski definition) is 7. The fraction of sp³-hybridized carbons (Fsp3) is 0.455. The fourth-order valence-corrected chi connectivity index (χ4v) is 4.63. The van der Waals surface area contributed by atoms with Crippen molar-refractivity contribution in [3.63, 3.8) is 0 Å². The van der Waals surface area contributed by atoms with Gasteiger partial charge in [-0.15, -0.1) is 10.2 Å². The van der Waals surface area contributed by atoms with Gasteiger partial charge in [0, 0.05) is 15.9 Å². The van der Waals surface area contributed by atoms with Crippen LogP contribution < -0.4 is 10.5 Å². The van der Waals surface area contributed by atoms with Gasteiger partial charge in [-0.2, -0.15) is 18.2 Å². The van der Waals surface area contributed by atoms with Crippen molar-refractivity contribution in [2.45, 2.75) is 37.4 Å². The van der Waals surface area contributed by atoms with Crippen molar-refractivity contribution in [3.8, 4) is 17.0 Å². The average Bonchev–Trinajstić information content (AvgIpc) is 3.42. The Morgan fingerprint density at radius 1 is 1.31 bits per heavy atom. The lowest BCUT2D eigenvalue weighted by Crippen LogP contribution is -2.45. The number of likely N-dealkylation sites (tertiary alicyclic amines) is 1. The SMILES string of the molecule is [2H]C([2H])([2H])N1CC[C@H](c2cn3nc(N)nc(OC)c3c2-c2ccc3nnn([C@@H](C)C(F)(F)F)c3c2)C(F)(F)C1. The lowest BCUT2D eigenvalue weighted by atomic mass is 9.84. The first-order valence-corrected chi connectivity index (χ1v) is 10.9. The Labute approximate surface area is 205 Å². The summed E-state index contributed by atoms with van der Waals surface area (Å²) in [5.74, 6) is -5.17. The second-order valence-electron chi connectivity index (χ2n) is 8.71. The van der Waals surface area contributed by atoms with Crippen LogP contribution in [0.1, 0.15) is 35.0 Å². The molecule has 4 heterocycles. The Balaban J connectivity index is 1.74. The Hall–Kier alpha value is -3.55. The van der Waals surface area contributed by atoms with E-state index < -0.39 is 37.6 Å². The standard InChI is InChI=1S/C22H23F5N8O/c1-11(22(25,26)27)35-16-8-12(4-5-15(16)30-32-35)17-13(14-6-7-33(2)10-21(14,23)24)9-34-18(17)19(36-3)29-20(28)31-34/h4-5,8-9,11,14H,6-7,10H2,1-3H3,(H2,28,31)/t11-,14+/m0/s1/i2D3. The highest BCUT2D eigenvalue weighted by atomic mass is 19.4. The molecule has 0 unspecified atom stereocenters. The lowest BCUT2D eigenvalue weighted by molar-refractivity contribution is -0.164. The van der Waals surface area contributed by atoms with Crippen LogP contribution in [-0.2, 0) is 0 Å². The topological polar surface area (TPSA) is 99.4 Å². The molecule has 1 aliphatic rings. The molecule has 0 radical (unpaired) electrons. The lowest BCUT2D eigenvalue weighted by Gasteiger charge is -2.36. The number of piperidine rings is 1. The molecule has 3 aromatic heterocycles. The molecule has 1 aromatic carbocycles. The van der Waals surface area contributed by atoms with Gasteiger partial charge >= 0.3 is 6.18 Å². The van der Waals surface area contributed by atoms with Gasteiger partial charge < -0.3 is 15.4 Å². The molecule has 192 valence electrons. The molecule has 9 nitrogen and oxygen atoms in total. The maximum Gasteiger partial charge on any atom is 0.410 e. The largest absolute Gasteiger partial charge is 0.479 e. The van der Waals surface area contributed by atoms with Crippen LogP contribution in [0.3, 0.4) is 0 Å². The highest BCUT2D eigenvalue weighted by molar-refractivity contribution is 5.92. The molecule has 0 saturated carbocycles. The average molecular weight is 513 g/mol. The molecule has 4 aromatic rings. The summed E-state index contributed by atoms with van der Waals surface area (Å²) in [6.07, 6.45) is -3.49. The van der Waals surface area contributed by atoms with Gasteiger partial charge in [-0.3, -0.25) is 0 Å². The van der Waals surface area contributed by atoms with Gasteiger partial charge in [0.25, 0.3) is 5.92 Å². The van der Waals surface area contributed by atoms with Crippen LogP contribution in [0.4, 0.5) is 27.9 Å². The van der Waals surface area contributed by atoms with Crippen LogP contribution >= 0.6 is 0 Å². The van der Waals surface area contributed by atoms with Gasteiger partial charge in [-0.1, -0.05) is 11.3 Å². The van der Waals surface area contributed by atoms with E-state index in [-0.39, 0.29) is 58.0 Å². The molecule has 2 N–H and O–H groups in total. The fourth-order valence-electron chi connectivity index (χ4n) is 4.63. The van der Waals surface area contributed by atoms with E-state index in [0.29, 0.717) is 4.68 Å². The number of alkyl halides is 5. The van der Waals surface area contributed by atoms with Crippen LogP contribution in [0.2, 0.25) is 0 Å². The zero-order chi connectivity index (χ0) is 28.5. The van der Waals surface area contributed by atoms with Crippen molar-refractivity contribution < 1.29 is 30.8 Å². The van der Waals surface area contributed by atoms with Gasteiger partial charge in [-0.25, -0.2) is 18.0 Å². The number of hydrogen-bond donors (Lipinski definition) is 1. The number of halogens is 5. The first kappa shape index (κ1) is 20.6. The number of ether oxygens (including phenoxy) is 1. The molecule has 36 heavy (non-hydrogen) atoms. The second-order valence-corrected chi connectivity index (χ2v) is 8.71. The number of rotatable bonds is 4. The minimum Gasteiger partial charge on any atom is -0.479 e. The predicted molar refractivity (Wildman–Crippen MR) is 121 cm³/mol. The minimum absolute atomic E-state index is 0.0296. The molecule has 0 amide bonds. The van der Waals surface area contributed by atoms with Crippen LogP contribution in [-0.4, -0.2) is 73.8 Å². The van der Waals surface area contributed by atoms with Gasteiger partial charge in [0.15, 0.2) is 0 Å². The zero-order valence-corrected chi connectivity index (χ0v) is 19.1. The van der Waals surface area contributed by atoms with E-state index in [9.17, 15) is 13.2 Å². The van der Waals surface area contributed by atoms with Gasteiger partial charge in [0.05, 0.1) is 25.1 Å². The number of nitrogens with zero attached hydrogens (tertiary/aromatic N) is 7. The third kappa shape index (κ3) is 3.88. The number of fused-ring (bicyclic) bond motifs is 2. The number of benzene rings is 1. The molecule has 1 fully saturated rings. The summed E-state index contributed by atoms with van der Waals surface area (Å²) in [4.78, 5) is 4.79. The van der Waals surface area contributed by atoms with E-state index in [0.717, 1.165) is 11.8 Å². The molecule has 14 heteroatoms. The first-order valence-electron chi connectivity index (χ1n) is 12.4. The van der Waals surface area contributed by atoms with E-state index in [1.54, 1.807) is 0 Å². The van der Waals surface area contributed by atoms with Crippen molar-refractivity contribution in [2.24, 2.45) is 0 Å².